The van der Waals surface area contributed by atoms with Gasteiger partial charge in [0.2, 0.25) is 0 Å². The molecule has 6 heteroatoms. The zero-order valence-electron chi connectivity index (χ0n) is 18.2. The van der Waals surface area contributed by atoms with Crippen molar-refractivity contribution in [2.24, 2.45) is 0 Å². The van der Waals surface area contributed by atoms with Crippen molar-refractivity contribution >= 4 is 5.97 Å². The number of hydrogen-bond acceptors (Lipinski definition) is 6. The topological polar surface area (TPSA) is 96.2 Å². The minimum absolute atomic E-state index is 0.102. The Hall–Kier alpha value is -0.950. The van der Waals surface area contributed by atoms with Crippen molar-refractivity contribution in [2.75, 3.05) is 33.0 Å². The predicted octanol–water partition coefficient (Wildman–Crippen LogP) is 3.91. The maximum atomic E-state index is 11.2. The molecule has 0 aromatic rings. The Morgan fingerprint density at radius 3 is 1.90 bits per heavy atom. The summed E-state index contributed by atoms with van der Waals surface area (Å²) in [5.41, 5.74) is 0. The van der Waals surface area contributed by atoms with Crippen molar-refractivity contribution in [1.82, 2.24) is 0 Å². The molecule has 0 heterocycles. The number of hydrogen-bond donors (Lipinski definition) is 3. The number of carbonyl (C=O) groups excluding carboxylic acids is 1. The molecule has 0 radical (unpaired) electrons. The van der Waals surface area contributed by atoms with Crippen molar-refractivity contribution in [3.05, 3.63) is 12.2 Å². The van der Waals surface area contributed by atoms with E-state index in [0.29, 0.717) is 13.0 Å². The lowest BCUT2D eigenvalue weighted by Crippen LogP contribution is -2.19. The summed E-state index contributed by atoms with van der Waals surface area (Å²) in [6.45, 7) is 0.665. The number of unbranched alkanes of at least 4 members (excludes halogenated alkanes) is 11. The molecule has 1 atom stereocenters. The minimum Gasteiger partial charge on any atom is -0.463 e. The maximum absolute atomic E-state index is 11.2. The van der Waals surface area contributed by atoms with Gasteiger partial charge in [0, 0.05) is 13.0 Å². The Bertz CT molecular complexity index is 372. The third-order valence-electron chi connectivity index (χ3n) is 4.70. The van der Waals surface area contributed by atoms with Crippen molar-refractivity contribution < 1.29 is 29.6 Å². The lowest BCUT2D eigenvalue weighted by Gasteiger charge is -2.07. The number of carbonyl (C=O) groups is 1. The molecule has 0 aliphatic rings. The molecular weight excluding hydrogens is 372 g/mol. The Morgan fingerprint density at radius 2 is 1.31 bits per heavy atom. The van der Waals surface area contributed by atoms with Crippen LogP contribution in [0.25, 0.3) is 0 Å². The van der Waals surface area contributed by atoms with Crippen molar-refractivity contribution in [2.45, 2.75) is 96.0 Å². The van der Waals surface area contributed by atoms with E-state index in [9.17, 15) is 4.79 Å². The van der Waals surface area contributed by atoms with Crippen LogP contribution in [0.2, 0.25) is 0 Å². The van der Waals surface area contributed by atoms with Crippen molar-refractivity contribution in [1.29, 1.82) is 0 Å². The van der Waals surface area contributed by atoms with Crippen LogP contribution in [0.3, 0.4) is 0 Å². The van der Waals surface area contributed by atoms with E-state index in [0.717, 1.165) is 44.9 Å². The number of aliphatic hydroxyl groups excluding tert-OH is 3. The summed E-state index contributed by atoms with van der Waals surface area (Å²) in [5, 5.41) is 26.4. The molecule has 0 fully saturated rings. The van der Waals surface area contributed by atoms with E-state index in [1.54, 1.807) is 0 Å². The van der Waals surface area contributed by atoms with Crippen LogP contribution in [0.15, 0.2) is 12.2 Å². The summed E-state index contributed by atoms with van der Waals surface area (Å²) in [6.07, 6.45) is 19.3. The van der Waals surface area contributed by atoms with Crippen LogP contribution in [0, 0.1) is 0 Å². The van der Waals surface area contributed by atoms with E-state index in [1.165, 1.54) is 38.5 Å². The lowest BCUT2D eigenvalue weighted by atomic mass is 10.1. The van der Waals surface area contributed by atoms with E-state index in [-0.39, 0.29) is 32.4 Å². The summed E-state index contributed by atoms with van der Waals surface area (Å²) in [6, 6.07) is 0. The Morgan fingerprint density at radius 1 is 0.759 bits per heavy atom. The second kappa shape index (κ2) is 23.3. The largest absolute Gasteiger partial charge is 0.463 e. The zero-order valence-corrected chi connectivity index (χ0v) is 18.2. The average molecular weight is 417 g/mol. The molecular formula is C23H44O6. The highest BCUT2D eigenvalue weighted by Crippen LogP contribution is 2.10. The Labute approximate surface area is 177 Å². The first-order chi connectivity index (χ1) is 14.2. The lowest BCUT2D eigenvalue weighted by molar-refractivity contribution is -0.144. The highest BCUT2D eigenvalue weighted by molar-refractivity contribution is 5.69. The molecule has 0 aliphatic carbocycles. The Balaban J connectivity index is 3.17. The molecule has 0 spiro atoms. The third-order valence-corrected chi connectivity index (χ3v) is 4.70. The average Bonchev–Trinajstić information content (AvgIpc) is 2.73. The number of ether oxygens (including phenoxy) is 2. The van der Waals surface area contributed by atoms with Gasteiger partial charge in [0.15, 0.2) is 0 Å². The highest BCUT2D eigenvalue weighted by atomic mass is 16.5. The van der Waals surface area contributed by atoms with Gasteiger partial charge < -0.3 is 24.8 Å². The quantitative estimate of drug-likeness (QED) is 0.141. The van der Waals surface area contributed by atoms with Crippen molar-refractivity contribution in [3.8, 4) is 0 Å². The minimum atomic E-state index is -0.747. The summed E-state index contributed by atoms with van der Waals surface area (Å²) < 4.78 is 10.1. The van der Waals surface area contributed by atoms with Crippen LogP contribution in [-0.4, -0.2) is 60.4 Å². The first-order valence-electron chi connectivity index (χ1n) is 11.5. The normalized spacial score (nSPS) is 12.5. The standard InChI is InChI=1S/C23H44O6/c24-17-19-29-23(27)16-14-12-10-8-6-4-2-1-3-5-7-9-11-13-15-18-28-21-22(26)20-25/h1-2,22,24-26H,3-21H2/b2-1-. The fourth-order valence-corrected chi connectivity index (χ4v) is 2.97. The van der Waals surface area contributed by atoms with Gasteiger partial charge >= 0.3 is 5.97 Å². The molecule has 29 heavy (non-hydrogen) atoms. The third kappa shape index (κ3) is 23.2. The smallest absolute Gasteiger partial charge is 0.305 e. The summed E-state index contributed by atoms with van der Waals surface area (Å²) in [4.78, 5) is 11.2. The zero-order chi connectivity index (χ0) is 21.4. The first kappa shape index (κ1) is 28.1. The van der Waals surface area contributed by atoms with Gasteiger partial charge in [0.05, 0.1) is 19.8 Å². The number of rotatable bonds is 22. The Kier molecular flexibility index (Phi) is 22.6. The summed E-state index contributed by atoms with van der Waals surface area (Å²) >= 11 is 0. The maximum Gasteiger partial charge on any atom is 0.305 e. The molecule has 0 aliphatic heterocycles. The number of esters is 1. The molecule has 6 nitrogen and oxygen atoms in total. The van der Waals surface area contributed by atoms with Crippen LogP contribution in [0.5, 0.6) is 0 Å². The molecule has 0 amide bonds. The van der Waals surface area contributed by atoms with Gasteiger partial charge in [0.25, 0.3) is 0 Å². The second-order valence-electron chi connectivity index (χ2n) is 7.54. The monoisotopic (exact) mass is 416 g/mol. The fourth-order valence-electron chi connectivity index (χ4n) is 2.97. The van der Waals surface area contributed by atoms with Gasteiger partial charge in [-0.25, -0.2) is 0 Å². The first-order valence-corrected chi connectivity index (χ1v) is 11.5. The van der Waals surface area contributed by atoms with E-state index < -0.39 is 6.10 Å². The van der Waals surface area contributed by atoms with E-state index in [4.69, 9.17) is 24.8 Å². The van der Waals surface area contributed by atoms with Gasteiger partial charge in [-0.2, -0.15) is 0 Å². The molecule has 0 aromatic heterocycles. The van der Waals surface area contributed by atoms with E-state index in [2.05, 4.69) is 12.2 Å². The summed E-state index contributed by atoms with van der Waals surface area (Å²) in [5.74, 6) is -0.203. The van der Waals surface area contributed by atoms with E-state index >= 15 is 0 Å². The molecule has 172 valence electrons. The molecule has 3 N–H and O–H groups in total. The van der Waals surface area contributed by atoms with Crippen LogP contribution in [0.4, 0.5) is 0 Å². The number of allylic oxidation sites excluding steroid dienone is 2. The van der Waals surface area contributed by atoms with Crippen LogP contribution < -0.4 is 0 Å². The predicted molar refractivity (Wildman–Crippen MR) is 116 cm³/mol. The summed E-state index contributed by atoms with van der Waals surface area (Å²) in [7, 11) is 0. The SMILES string of the molecule is O=C(CCCCCCC/C=C\CCCCCCCCOCC(O)CO)OCCO. The van der Waals surface area contributed by atoms with Gasteiger partial charge in [-0.3, -0.25) is 4.79 Å². The van der Waals surface area contributed by atoms with Gasteiger partial charge in [0.1, 0.15) is 12.7 Å². The molecule has 0 aromatic carbocycles. The second-order valence-corrected chi connectivity index (χ2v) is 7.54. The van der Waals surface area contributed by atoms with Crippen LogP contribution in [-0.2, 0) is 14.3 Å². The van der Waals surface area contributed by atoms with Gasteiger partial charge in [-0.1, -0.05) is 57.1 Å². The number of aliphatic hydroxyl groups is 3. The molecule has 0 saturated carbocycles. The van der Waals surface area contributed by atoms with Gasteiger partial charge in [-0.15, -0.1) is 0 Å². The highest BCUT2D eigenvalue weighted by Gasteiger charge is 2.02. The molecule has 0 saturated heterocycles. The van der Waals surface area contributed by atoms with E-state index in [1.807, 2.05) is 0 Å². The van der Waals surface area contributed by atoms with Crippen molar-refractivity contribution in [3.63, 3.8) is 0 Å². The molecule has 0 bridgehead atoms. The van der Waals surface area contributed by atoms with Crippen LogP contribution in [0.1, 0.15) is 89.9 Å². The molecule has 0 rings (SSSR count). The fraction of sp³-hybridized carbons (Fsp3) is 0.870. The molecule has 1 unspecified atom stereocenters. The van der Waals surface area contributed by atoms with Gasteiger partial charge in [-0.05, 0) is 38.5 Å². The van der Waals surface area contributed by atoms with Crippen LogP contribution >= 0.6 is 0 Å².